The lowest BCUT2D eigenvalue weighted by molar-refractivity contribution is 0.143. The highest BCUT2D eigenvalue weighted by Gasteiger charge is 2.14. The molecular formula is C16H23N3O2. The second kappa shape index (κ2) is 6.28. The summed E-state index contributed by atoms with van der Waals surface area (Å²) in [5, 5.41) is 26.3. The molecule has 1 aromatic heterocycles. The largest absolute Gasteiger partial charge is 0.411 e. The number of aromatic nitrogens is 1. The monoisotopic (exact) mass is 289 g/mol. The van der Waals surface area contributed by atoms with Gasteiger partial charge in [0.1, 0.15) is 0 Å². The van der Waals surface area contributed by atoms with Gasteiger partial charge in [-0.15, -0.1) is 0 Å². The fraction of sp³-hybridized carbons (Fsp3) is 0.438. The molecule has 2 aromatic rings. The van der Waals surface area contributed by atoms with Crippen LogP contribution in [0.15, 0.2) is 35.6 Å². The second-order valence-corrected chi connectivity index (χ2v) is 6.28. The number of nitrogens with one attached hydrogen (secondary N) is 1. The Balaban J connectivity index is 2.18. The Morgan fingerprint density at radius 2 is 2.05 bits per heavy atom. The number of aliphatic hydroxyl groups is 1. The predicted octanol–water partition coefficient (Wildman–Crippen LogP) is 2.20. The molecule has 0 bridgehead atoms. The molecule has 1 unspecified atom stereocenters. The van der Waals surface area contributed by atoms with Gasteiger partial charge in [0.2, 0.25) is 0 Å². The summed E-state index contributed by atoms with van der Waals surface area (Å²) >= 11 is 0. The number of nitrogens with zero attached hydrogens (tertiary/aromatic N) is 2. The van der Waals surface area contributed by atoms with Crippen molar-refractivity contribution in [3.63, 3.8) is 0 Å². The number of aliphatic hydroxyl groups excluding tert-OH is 1. The number of oxime groups is 1. The average Bonchev–Trinajstić information content (AvgIpc) is 2.75. The van der Waals surface area contributed by atoms with Crippen LogP contribution in [0.3, 0.4) is 0 Å². The third kappa shape index (κ3) is 4.06. The van der Waals surface area contributed by atoms with Crippen molar-refractivity contribution in [2.75, 3.05) is 6.54 Å². The second-order valence-electron chi connectivity index (χ2n) is 6.28. The molecule has 1 heterocycles. The molecular weight excluding hydrogens is 266 g/mol. The van der Waals surface area contributed by atoms with Crippen molar-refractivity contribution in [3.05, 3.63) is 36.0 Å². The molecule has 114 valence electrons. The van der Waals surface area contributed by atoms with Crippen LogP contribution in [0.4, 0.5) is 0 Å². The molecule has 0 fully saturated rings. The van der Waals surface area contributed by atoms with E-state index in [0.717, 1.165) is 16.5 Å². The Morgan fingerprint density at radius 1 is 1.33 bits per heavy atom. The molecule has 0 aliphatic heterocycles. The van der Waals surface area contributed by atoms with Crippen molar-refractivity contribution in [2.45, 2.75) is 39.0 Å². The Hall–Kier alpha value is -1.85. The van der Waals surface area contributed by atoms with Crippen molar-refractivity contribution in [1.82, 2.24) is 9.88 Å². The standard InChI is InChI=1S/C16H23N3O2/c1-16(2,3)17-9-13(20)11-19-10-12(8-18-21)14-6-4-5-7-15(14)19/h4-8,10,13,17,20-21H,9,11H2,1-3H3/b18-8+. The van der Waals surface area contributed by atoms with E-state index >= 15 is 0 Å². The molecule has 0 amide bonds. The van der Waals surface area contributed by atoms with E-state index in [1.807, 2.05) is 35.0 Å². The summed E-state index contributed by atoms with van der Waals surface area (Å²) in [6.45, 7) is 7.23. The average molecular weight is 289 g/mol. The summed E-state index contributed by atoms with van der Waals surface area (Å²) in [7, 11) is 0. The van der Waals surface area contributed by atoms with Gasteiger partial charge in [-0.05, 0) is 26.8 Å². The first kappa shape index (κ1) is 15.5. The molecule has 0 radical (unpaired) electrons. The molecule has 2 rings (SSSR count). The van der Waals surface area contributed by atoms with Gasteiger partial charge in [0.25, 0.3) is 0 Å². The van der Waals surface area contributed by atoms with Gasteiger partial charge >= 0.3 is 0 Å². The minimum absolute atomic E-state index is 0.0194. The lowest BCUT2D eigenvalue weighted by Gasteiger charge is -2.23. The van der Waals surface area contributed by atoms with E-state index in [9.17, 15) is 5.11 Å². The lowest BCUT2D eigenvalue weighted by atomic mass is 10.1. The third-order valence-electron chi connectivity index (χ3n) is 3.29. The van der Waals surface area contributed by atoms with Crippen LogP contribution in [0.1, 0.15) is 26.3 Å². The number of fused-ring (bicyclic) bond motifs is 1. The zero-order valence-electron chi connectivity index (χ0n) is 12.7. The van der Waals surface area contributed by atoms with Gasteiger partial charge in [-0.25, -0.2) is 0 Å². The zero-order chi connectivity index (χ0) is 15.5. The maximum absolute atomic E-state index is 10.2. The van der Waals surface area contributed by atoms with Crippen molar-refractivity contribution < 1.29 is 10.3 Å². The van der Waals surface area contributed by atoms with Crippen LogP contribution in [-0.4, -0.2) is 39.3 Å². The zero-order valence-corrected chi connectivity index (χ0v) is 12.7. The van der Waals surface area contributed by atoms with Gasteiger partial charge in [-0.1, -0.05) is 23.4 Å². The van der Waals surface area contributed by atoms with E-state index in [4.69, 9.17) is 5.21 Å². The molecule has 5 heteroatoms. The number of para-hydroxylation sites is 1. The molecule has 0 aliphatic rings. The van der Waals surface area contributed by atoms with Gasteiger partial charge in [0.15, 0.2) is 0 Å². The minimum atomic E-state index is -0.487. The Bertz CT molecular complexity index is 626. The molecule has 0 aliphatic carbocycles. The van der Waals surface area contributed by atoms with E-state index in [0.29, 0.717) is 13.1 Å². The predicted molar refractivity (Wildman–Crippen MR) is 85.1 cm³/mol. The maximum Gasteiger partial charge on any atom is 0.0843 e. The number of benzene rings is 1. The van der Waals surface area contributed by atoms with Gasteiger partial charge in [0, 0.05) is 41.3 Å². The van der Waals surface area contributed by atoms with Crippen molar-refractivity contribution in [3.8, 4) is 0 Å². The molecule has 0 spiro atoms. The molecule has 1 aromatic carbocycles. The van der Waals surface area contributed by atoms with Crippen LogP contribution in [0, 0.1) is 0 Å². The van der Waals surface area contributed by atoms with E-state index in [1.165, 1.54) is 6.21 Å². The quantitative estimate of drug-likeness (QED) is 0.449. The maximum atomic E-state index is 10.2. The van der Waals surface area contributed by atoms with E-state index < -0.39 is 6.10 Å². The number of rotatable bonds is 5. The summed E-state index contributed by atoms with van der Waals surface area (Å²) < 4.78 is 1.99. The van der Waals surface area contributed by atoms with E-state index in [2.05, 4.69) is 31.2 Å². The molecule has 5 nitrogen and oxygen atoms in total. The fourth-order valence-corrected chi connectivity index (χ4v) is 2.31. The van der Waals surface area contributed by atoms with Gasteiger partial charge in [0.05, 0.1) is 12.3 Å². The SMILES string of the molecule is CC(C)(C)NCC(O)Cn1cc(/C=N/O)c2ccccc21. The molecule has 0 saturated carbocycles. The van der Waals surface area contributed by atoms with Gasteiger partial charge < -0.3 is 20.2 Å². The highest BCUT2D eigenvalue weighted by molar-refractivity contribution is 5.99. The summed E-state index contributed by atoms with van der Waals surface area (Å²) in [5.74, 6) is 0. The lowest BCUT2D eigenvalue weighted by Crippen LogP contribution is -2.41. The smallest absolute Gasteiger partial charge is 0.0843 e. The first-order valence-corrected chi connectivity index (χ1v) is 7.09. The minimum Gasteiger partial charge on any atom is -0.411 e. The van der Waals surface area contributed by atoms with E-state index in [-0.39, 0.29) is 5.54 Å². The first-order chi connectivity index (χ1) is 9.90. The highest BCUT2D eigenvalue weighted by Crippen LogP contribution is 2.20. The van der Waals surface area contributed by atoms with Crippen LogP contribution in [0.5, 0.6) is 0 Å². The fourth-order valence-electron chi connectivity index (χ4n) is 2.31. The topological polar surface area (TPSA) is 69.8 Å². The number of hydrogen-bond donors (Lipinski definition) is 3. The normalized spacial score (nSPS) is 14.1. The van der Waals surface area contributed by atoms with Crippen molar-refractivity contribution in [2.24, 2.45) is 5.16 Å². The summed E-state index contributed by atoms with van der Waals surface area (Å²) in [5.41, 5.74) is 1.83. The van der Waals surface area contributed by atoms with Crippen molar-refractivity contribution in [1.29, 1.82) is 0 Å². The van der Waals surface area contributed by atoms with Crippen LogP contribution in [0.2, 0.25) is 0 Å². The first-order valence-electron chi connectivity index (χ1n) is 7.09. The van der Waals surface area contributed by atoms with Gasteiger partial charge in [-0.3, -0.25) is 0 Å². The van der Waals surface area contributed by atoms with E-state index in [1.54, 1.807) is 0 Å². The van der Waals surface area contributed by atoms with Crippen LogP contribution < -0.4 is 5.32 Å². The third-order valence-corrected chi connectivity index (χ3v) is 3.29. The Labute approximate surface area is 124 Å². The van der Waals surface area contributed by atoms with Crippen LogP contribution in [0.25, 0.3) is 10.9 Å². The molecule has 1 atom stereocenters. The van der Waals surface area contributed by atoms with Crippen LogP contribution in [-0.2, 0) is 6.54 Å². The number of hydrogen-bond acceptors (Lipinski definition) is 4. The molecule has 3 N–H and O–H groups in total. The number of β-amino-alcohol motifs (C(OH)–C–C–N with tert-alkyl or cyclic N) is 1. The highest BCUT2D eigenvalue weighted by atomic mass is 16.4. The Kier molecular flexibility index (Phi) is 4.65. The molecule has 21 heavy (non-hydrogen) atoms. The van der Waals surface area contributed by atoms with Crippen LogP contribution >= 0.6 is 0 Å². The Morgan fingerprint density at radius 3 is 2.71 bits per heavy atom. The summed E-state index contributed by atoms with van der Waals surface area (Å²) in [4.78, 5) is 0. The van der Waals surface area contributed by atoms with Gasteiger partial charge in [-0.2, -0.15) is 0 Å². The van der Waals surface area contributed by atoms with Crippen molar-refractivity contribution >= 4 is 17.1 Å². The summed E-state index contributed by atoms with van der Waals surface area (Å²) in [6, 6.07) is 7.87. The summed E-state index contributed by atoms with van der Waals surface area (Å²) in [6.07, 6.45) is 2.82. The molecule has 0 saturated heterocycles.